The van der Waals surface area contributed by atoms with Gasteiger partial charge in [-0.3, -0.25) is 9.89 Å². The summed E-state index contributed by atoms with van der Waals surface area (Å²) in [7, 11) is 0. The lowest BCUT2D eigenvalue weighted by atomic mass is 10.3. The number of carbonyl (C=O) groups is 1. The zero-order chi connectivity index (χ0) is 11.7. The highest BCUT2D eigenvalue weighted by Gasteiger charge is 2.14. The van der Waals surface area contributed by atoms with E-state index in [9.17, 15) is 4.79 Å². The Morgan fingerprint density at radius 2 is 2.31 bits per heavy atom. The normalized spacial score (nSPS) is 10.4. The maximum absolute atomic E-state index is 11.9. The van der Waals surface area contributed by atoms with Gasteiger partial charge in [0.05, 0.1) is 22.8 Å². The Morgan fingerprint density at radius 1 is 1.56 bits per heavy atom. The van der Waals surface area contributed by atoms with E-state index in [1.807, 2.05) is 13.8 Å². The van der Waals surface area contributed by atoms with Gasteiger partial charge >= 0.3 is 0 Å². The molecule has 2 heterocycles. The molecule has 0 bridgehead atoms. The van der Waals surface area contributed by atoms with E-state index in [4.69, 9.17) is 5.73 Å². The van der Waals surface area contributed by atoms with E-state index in [-0.39, 0.29) is 5.91 Å². The molecule has 0 saturated carbocycles. The zero-order valence-corrected chi connectivity index (χ0v) is 9.81. The highest BCUT2D eigenvalue weighted by atomic mass is 32.1. The molecule has 6 heteroatoms. The topological polar surface area (TPSA) is 83.8 Å². The first kappa shape index (κ1) is 10.7. The highest BCUT2D eigenvalue weighted by molar-refractivity contribution is 7.12. The number of nitrogens with zero attached hydrogens (tertiary/aromatic N) is 1. The molecular weight excluding hydrogens is 224 g/mol. The van der Waals surface area contributed by atoms with Gasteiger partial charge in [-0.2, -0.15) is 5.10 Å². The van der Waals surface area contributed by atoms with Crippen LogP contribution in [0.3, 0.4) is 0 Å². The number of nitrogen functional groups attached to an aromatic ring is 1. The molecule has 0 aliphatic carbocycles. The minimum Gasteiger partial charge on any atom is -0.397 e. The van der Waals surface area contributed by atoms with Crippen molar-refractivity contribution in [2.24, 2.45) is 0 Å². The van der Waals surface area contributed by atoms with Gasteiger partial charge in [-0.25, -0.2) is 0 Å². The fraction of sp³-hybridized carbons (Fsp3) is 0.200. The summed E-state index contributed by atoms with van der Waals surface area (Å²) in [5.74, 6) is -0.194. The Bertz CT molecular complexity index is 509. The summed E-state index contributed by atoms with van der Waals surface area (Å²) in [4.78, 5) is 12.4. The Kier molecular flexibility index (Phi) is 2.66. The molecule has 0 atom stereocenters. The van der Waals surface area contributed by atoms with Crippen LogP contribution in [0.15, 0.2) is 11.4 Å². The number of aromatic nitrogens is 2. The fourth-order valence-electron chi connectivity index (χ4n) is 1.41. The average Bonchev–Trinajstić information content (AvgIpc) is 2.79. The number of thiophene rings is 1. The van der Waals surface area contributed by atoms with Crippen molar-refractivity contribution in [3.05, 3.63) is 27.7 Å². The van der Waals surface area contributed by atoms with Crippen LogP contribution in [-0.2, 0) is 0 Å². The third-order valence-electron chi connectivity index (χ3n) is 2.27. The Balaban J connectivity index is 2.24. The molecule has 2 aromatic rings. The Labute approximate surface area is 96.7 Å². The second-order valence-electron chi connectivity index (χ2n) is 3.47. The molecule has 0 fully saturated rings. The van der Waals surface area contributed by atoms with Crippen molar-refractivity contribution in [1.82, 2.24) is 10.2 Å². The number of H-pyrrole nitrogens is 1. The van der Waals surface area contributed by atoms with Crippen LogP contribution in [0.4, 0.5) is 11.4 Å². The monoisotopic (exact) mass is 236 g/mol. The lowest BCUT2D eigenvalue weighted by Gasteiger charge is -2.03. The van der Waals surface area contributed by atoms with Gasteiger partial charge < -0.3 is 11.1 Å². The van der Waals surface area contributed by atoms with Crippen molar-refractivity contribution in [3.8, 4) is 0 Å². The molecule has 0 radical (unpaired) electrons. The fourth-order valence-corrected chi connectivity index (χ4v) is 2.12. The van der Waals surface area contributed by atoms with E-state index in [1.165, 1.54) is 11.3 Å². The number of anilines is 2. The summed E-state index contributed by atoms with van der Waals surface area (Å²) in [5, 5.41) is 11.4. The SMILES string of the molecule is Cc1n[nH]c(C)c1NC(=O)c1sccc1N. The average molecular weight is 236 g/mol. The first-order valence-electron chi connectivity index (χ1n) is 4.75. The number of nitrogens with two attached hydrogens (primary N) is 1. The van der Waals surface area contributed by atoms with Crippen LogP contribution in [0, 0.1) is 13.8 Å². The van der Waals surface area contributed by atoms with E-state index >= 15 is 0 Å². The number of amides is 1. The third kappa shape index (κ3) is 1.79. The molecule has 0 aliphatic heterocycles. The molecule has 0 saturated heterocycles. The molecular formula is C10H12N4OS. The summed E-state index contributed by atoms with van der Waals surface area (Å²) in [6, 6.07) is 1.72. The van der Waals surface area contributed by atoms with Crippen molar-refractivity contribution in [1.29, 1.82) is 0 Å². The van der Waals surface area contributed by atoms with Crippen LogP contribution < -0.4 is 11.1 Å². The molecule has 16 heavy (non-hydrogen) atoms. The van der Waals surface area contributed by atoms with Crippen molar-refractivity contribution in [2.45, 2.75) is 13.8 Å². The Hall–Kier alpha value is -1.82. The van der Waals surface area contributed by atoms with Gasteiger partial charge in [0.25, 0.3) is 5.91 Å². The number of hydrogen-bond donors (Lipinski definition) is 3. The summed E-state index contributed by atoms with van der Waals surface area (Å²) in [5.41, 5.74) is 8.49. The predicted molar refractivity (Wildman–Crippen MR) is 64.7 cm³/mol. The predicted octanol–water partition coefficient (Wildman–Crippen LogP) is 1.92. The summed E-state index contributed by atoms with van der Waals surface area (Å²) in [6.07, 6.45) is 0. The molecule has 1 amide bonds. The van der Waals surface area contributed by atoms with Gasteiger partial charge in [0, 0.05) is 0 Å². The van der Waals surface area contributed by atoms with Gasteiger partial charge in [-0.15, -0.1) is 11.3 Å². The van der Waals surface area contributed by atoms with Crippen molar-refractivity contribution < 1.29 is 4.79 Å². The van der Waals surface area contributed by atoms with E-state index in [0.717, 1.165) is 17.1 Å². The van der Waals surface area contributed by atoms with Crippen LogP contribution in [0.1, 0.15) is 21.1 Å². The molecule has 4 N–H and O–H groups in total. The highest BCUT2D eigenvalue weighted by Crippen LogP contribution is 2.22. The van der Waals surface area contributed by atoms with Crippen molar-refractivity contribution in [2.75, 3.05) is 11.1 Å². The molecule has 0 aromatic carbocycles. The van der Waals surface area contributed by atoms with Crippen LogP contribution >= 0.6 is 11.3 Å². The Morgan fingerprint density at radius 3 is 2.81 bits per heavy atom. The van der Waals surface area contributed by atoms with Gasteiger partial charge in [-0.05, 0) is 25.3 Å². The molecule has 0 spiro atoms. The molecule has 5 nitrogen and oxygen atoms in total. The van der Waals surface area contributed by atoms with Gasteiger partial charge in [-0.1, -0.05) is 0 Å². The first-order chi connectivity index (χ1) is 7.59. The molecule has 0 aliphatic rings. The number of hydrogen-bond acceptors (Lipinski definition) is 4. The van der Waals surface area contributed by atoms with E-state index in [1.54, 1.807) is 11.4 Å². The van der Waals surface area contributed by atoms with Crippen LogP contribution in [-0.4, -0.2) is 16.1 Å². The van der Waals surface area contributed by atoms with Gasteiger partial charge in [0.1, 0.15) is 4.88 Å². The number of aryl methyl sites for hydroxylation is 2. The molecule has 2 aromatic heterocycles. The smallest absolute Gasteiger partial charge is 0.267 e. The minimum atomic E-state index is -0.194. The van der Waals surface area contributed by atoms with Gasteiger partial charge in [0.2, 0.25) is 0 Å². The van der Waals surface area contributed by atoms with Crippen molar-refractivity contribution in [3.63, 3.8) is 0 Å². The third-order valence-corrected chi connectivity index (χ3v) is 3.20. The van der Waals surface area contributed by atoms with Crippen LogP contribution in [0.25, 0.3) is 0 Å². The standard InChI is InChI=1S/C10H12N4OS/c1-5-8(6(2)14-13-5)12-10(15)9-7(11)3-4-16-9/h3-4H,11H2,1-2H3,(H,12,15)(H,13,14). The lowest BCUT2D eigenvalue weighted by molar-refractivity contribution is 0.103. The zero-order valence-electron chi connectivity index (χ0n) is 9.00. The first-order valence-corrected chi connectivity index (χ1v) is 5.63. The van der Waals surface area contributed by atoms with E-state index in [0.29, 0.717) is 10.6 Å². The number of rotatable bonds is 2. The second kappa shape index (κ2) is 3.97. The quantitative estimate of drug-likeness (QED) is 0.744. The summed E-state index contributed by atoms with van der Waals surface area (Å²) in [6.45, 7) is 3.68. The maximum Gasteiger partial charge on any atom is 0.267 e. The van der Waals surface area contributed by atoms with Crippen LogP contribution in [0.2, 0.25) is 0 Å². The largest absolute Gasteiger partial charge is 0.397 e. The molecule has 84 valence electrons. The summed E-state index contributed by atoms with van der Waals surface area (Å²) >= 11 is 1.32. The van der Waals surface area contributed by atoms with E-state index in [2.05, 4.69) is 15.5 Å². The second-order valence-corrected chi connectivity index (χ2v) is 4.38. The van der Waals surface area contributed by atoms with E-state index < -0.39 is 0 Å². The number of aromatic amines is 1. The number of carbonyl (C=O) groups excluding carboxylic acids is 1. The molecule has 2 rings (SSSR count). The maximum atomic E-state index is 11.9. The molecule has 0 unspecified atom stereocenters. The lowest BCUT2D eigenvalue weighted by Crippen LogP contribution is -2.12. The van der Waals surface area contributed by atoms with Gasteiger partial charge in [0.15, 0.2) is 0 Å². The number of nitrogens with one attached hydrogen (secondary N) is 2. The minimum absolute atomic E-state index is 0.194. The van der Waals surface area contributed by atoms with Crippen molar-refractivity contribution >= 4 is 28.6 Å². The summed E-state index contributed by atoms with van der Waals surface area (Å²) < 4.78 is 0. The van der Waals surface area contributed by atoms with Crippen LogP contribution in [0.5, 0.6) is 0 Å².